The molecule has 0 atom stereocenters. The minimum atomic E-state index is -4.08. The molecule has 0 spiro atoms. The molecule has 0 aliphatic heterocycles. The molecule has 0 radical (unpaired) electrons. The summed E-state index contributed by atoms with van der Waals surface area (Å²) in [5.41, 5.74) is 0. The van der Waals surface area contributed by atoms with E-state index in [1.807, 2.05) is 0 Å². The zero-order valence-electron chi connectivity index (χ0n) is 5.15. The molecule has 1 fully saturated rings. The molecule has 1 rings (SSSR count). The van der Waals surface area contributed by atoms with Crippen molar-refractivity contribution < 1.29 is 13.2 Å². The summed E-state index contributed by atoms with van der Waals surface area (Å²) in [5.74, 6) is -1.57. The molecule has 1 nitrogen and oxygen atoms in total. The lowest BCUT2D eigenvalue weighted by molar-refractivity contribution is -0.199. The van der Waals surface area contributed by atoms with Crippen LogP contribution in [0.4, 0.5) is 13.2 Å². The molecular weight excluding hydrogens is 143 g/mol. The van der Waals surface area contributed by atoms with Crippen LogP contribution in [0, 0.1) is 23.2 Å². The van der Waals surface area contributed by atoms with Crippen LogP contribution >= 0.6 is 0 Å². The maximum atomic E-state index is 11.7. The summed E-state index contributed by atoms with van der Waals surface area (Å²) in [6.45, 7) is 0. The van der Waals surface area contributed by atoms with E-state index in [1.165, 1.54) is 0 Å². The van der Waals surface area contributed by atoms with Gasteiger partial charge in [0.1, 0.15) is 0 Å². The lowest BCUT2D eigenvalue weighted by Crippen LogP contribution is -2.34. The normalized spacial score (nSPS) is 32.6. The zero-order valence-corrected chi connectivity index (χ0v) is 5.15. The molecule has 0 saturated heterocycles. The smallest absolute Gasteiger partial charge is 0.198 e. The van der Waals surface area contributed by atoms with Crippen molar-refractivity contribution >= 4 is 0 Å². The van der Waals surface area contributed by atoms with Gasteiger partial charge in [0.15, 0.2) is 0 Å². The van der Waals surface area contributed by atoms with E-state index in [2.05, 4.69) is 0 Å². The van der Waals surface area contributed by atoms with E-state index in [0.717, 1.165) is 0 Å². The summed E-state index contributed by atoms with van der Waals surface area (Å²) in [5, 5.41) is 8.15. The Kier molecular flexibility index (Phi) is 1.59. The third kappa shape index (κ3) is 1.23. The highest BCUT2D eigenvalue weighted by Gasteiger charge is 2.47. The van der Waals surface area contributed by atoms with E-state index in [-0.39, 0.29) is 18.8 Å². The molecule has 0 aromatic carbocycles. The molecule has 56 valence electrons. The fourth-order valence-corrected chi connectivity index (χ4v) is 0.991. The van der Waals surface area contributed by atoms with E-state index in [9.17, 15) is 13.2 Å². The Balaban J connectivity index is 2.35. The van der Waals surface area contributed by atoms with E-state index >= 15 is 0 Å². The van der Waals surface area contributed by atoms with Crippen molar-refractivity contribution in [3.8, 4) is 6.07 Å². The third-order valence-corrected chi connectivity index (χ3v) is 1.78. The molecule has 0 aromatic heterocycles. The van der Waals surface area contributed by atoms with Gasteiger partial charge in [-0.2, -0.15) is 18.4 Å². The van der Waals surface area contributed by atoms with Crippen LogP contribution in [0.3, 0.4) is 0 Å². The maximum absolute atomic E-state index is 11.7. The molecule has 0 unspecified atom stereocenters. The largest absolute Gasteiger partial charge is 0.391 e. The maximum Gasteiger partial charge on any atom is 0.391 e. The van der Waals surface area contributed by atoms with Gasteiger partial charge in [-0.1, -0.05) is 0 Å². The Hall–Kier alpha value is -0.720. The summed E-state index contributed by atoms with van der Waals surface area (Å²) in [6, 6.07) is 1.80. The average molecular weight is 149 g/mol. The summed E-state index contributed by atoms with van der Waals surface area (Å²) >= 11 is 0. The molecule has 0 amide bonds. The van der Waals surface area contributed by atoms with Gasteiger partial charge in [0.2, 0.25) is 0 Å². The third-order valence-electron chi connectivity index (χ3n) is 1.78. The predicted octanol–water partition coefficient (Wildman–Crippen LogP) is 2.10. The number of halogens is 3. The lowest BCUT2D eigenvalue weighted by atomic mass is 9.75. The SMILES string of the molecule is N#CC1CC(C(F)(F)F)C1. The number of hydrogen-bond donors (Lipinski definition) is 0. The van der Waals surface area contributed by atoms with Crippen molar-refractivity contribution in [1.29, 1.82) is 5.26 Å². The molecule has 0 bridgehead atoms. The summed E-state index contributed by atoms with van der Waals surface area (Å²) < 4.78 is 35.1. The van der Waals surface area contributed by atoms with Crippen LogP contribution in [-0.2, 0) is 0 Å². The Morgan fingerprint density at radius 1 is 1.30 bits per heavy atom. The Morgan fingerprint density at radius 3 is 2.10 bits per heavy atom. The molecule has 10 heavy (non-hydrogen) atoms. The van der Waals surface area contributed by atoms with Crippen LogP contribution in [0.2, 0.25) is 0 Å². The molecular formula is C6H6F3N. The van der Waals surface area contributed by atoms with Crippen LogP contribution < -0.4 is 0 Å². The highest BCUT2D eigenvalue weighted by Crippen LogP contribution is 2.44. The van der Waals surface area contributed by atoms with Gasteiger partial charge < -0.3 is 0 Å². The molecule has 4 heteroatoms. The first-order chi connectivity index (χ1) is 4.54. The number of nitriles is 1. The quantitative estimate of drug-likeness (QED) is 0.517. The molecule has 0 heterocycles. The van der Waals surface area contributed by atoms with E-state index in [4.69, 9.17) is 5.26 Å². The van der Waals surface area contributed by atoms with Gasteiger partial charge in [-0.05, 0) is 12.8 Å². The number of rotatable bonds is 0. The second-order valence-corrected chi connectivity index (χ2v) is 2.54. The number of alkyl halides is 3. The molecule has 1 saturated carbocycles. The molecule has 1 aliphatic carbocycles. The number of hydrogen-bond acceptors (Lipinski definition) is 1. The van der Waals surface area contributed by atoms with Gasteiger partial charge in [-0.3, -0.25) is 0 Å². The van der Waals surface area contributed by atoms with Gasteiger partial charge in [0.05, 0.1) is 12.0 Å². The predicted molar refractivity (Wildman–Crippen MR) is 27.9 cm³/mol. The average Bonchev–Trinajstić information content (AvgIpc) is 1.57. The Bertz CT molecular complexity index is 161. The fourth-order valence-electron chi connectivity index (χ4n) is 0.991. The van der Waals surface area contributed by atoms with Gasteiger partial charge in [-0.15, -0.1) is 0 Å². The van der Waals surface area contributed by atoms with Crippen LogP contribution in [0.5, 0.6) is 0 Å². The topological polar surface area (TPSA) is 23.8 Å². The van der Waals surface area contributed by atoms with Gasteiger partial charge in [0, 0.05) is 5.92 Å². The first kappa shape index (κ1) is 7.39. The monoisotopic (exact) mass is 149 g/mol. The first-order valence-corrected chi connectivity index (χ1v) is 3.00. The summed E-state index contributed by atoms with van der Waals surface area (Å²) in [4.78, 5) is 0. The highest BCUT2D eigenvalue weighted by molar-refractivity contribution is 4.96. The Morgan fingerprint density at radius 2 is 1.80 bits per heavy atom. The van der Waals surface area contributed by atoms with Gasteiger partial charge >= 0.3 is 6.18 Å². The van der Waals surface area contributed by atoms with Crippen molar-refractivity contribution in [2.75, 3.05) is 0 Å². The first-order valence-electron chi connectivity index (χ1n) is 3.00. The second kappa shape index (κ2) is 2.15. The van der Waals surface area contributed by atoms with Crippen molar-refractivity contribution in [2.45, 2.75) is 19.0 Å². The lowest BCUT2D eigenvalue weighted by Gasteiger charge is -2.31. The van der Waals surface area contributed by atoms with Gasteiger partial charge in [-0.25, -0.2) is 0 Å². The minimum absolute atomic E-state index is 0. The van der Waals surface area contributed by atoms with Crippen molar-refractivity contribution in [3.05, 3.63) is 0 Å². The zero-order chi connectivity index (χ0) is 7.78. The molecule has 0 N–H and O–H groups in total. The second-order valence-electron chi connectivity index (χ2n) is 2.54. The summed E-state index contributed by atoms with van der Waals surface area (Å²) in [6.07, 6.45) is -4.08. The molecule has 1 aliphatic rings. The highest BCUT2D eigenvalue weighted by atomic mass is 19.4. The number of nitrogens with zero attached hydrogens (tertiary/aromatic N) is 1. The standard InChI is InChI=1S/C6H6F3N/c7-6(8,9)5-1-4(2-5)3-10/h4-5H,1-2H2. The fraction of sp³-hybridized carbons (Fsp3) is 0.833. The van der Waals surface area contributed by atoms with E-state index in [1.54, 1.807) is 6.07 Å². The van der Waals surface area contributed by atoms with Gasteiger partial charge in [0.25, 0.3) is 0 Å². The van der Waals surface area contributed by atoms with Crippen LogP contribution in [0.15, 0.2) is 0 Å². The van der Waals surface area contributed by atoms with Crippen molar-refractivity contribution in [3.63, 3.8) is 0 Å². The minimum Gasteiger partial charge on any atom is -0.198 e. The van der Waals surface area contributed by atoms with Crippen molar-refractivity contribution in [2.24, 2.45) is 11.8 Å². The van der Waals surface area contributed by atoms with E-state index < -0.39 is 12.1 Å². The summed E-state index contributed by atoms with van der Waals surface area (Å²) in [7, 11) is 0. The molecule has 0 aromatic rings. The van der Waals surface area contributed by atoms with E-state index in [0.29, 0.717) is 0 Å². The van der Waals surface area contributed by atoms with Crippen LogP contribution in [-0.4, -0.2) is 6.18 Å². The van der Waals surface area contributed by atoms with Crippen LogP contribution in [0.1, 0.15) is 12.8 Å². The Labute approximate surface area is 56.4 Å². The van der Waals surface area contributed by atoms with Crippen molar-refractivity contribution in [1.82, 2.24) is 0 Å². The van der Waals surface area contributed by atoms with Crippen LogP contribution in [0.25, 0.3) is 0 Å².